The van der Waals surface area contributed by atoms with E-state index in [-0.39, 0.29) is 10.7 Å². The van der Waals surface area contributed by atoms with E-state index < -0.39 is 16.7 Å². The summed E-state index contributed by atoms with van der Waals surface area (Å²) in [6, 6.07) is 0. The molecule has 0 aromatic carbocycles. The molecule has 0 radical (unpaired) electrons. The lowest BCUT2D eigenvalue weighted by atomic mass is 9.95. The number of ketones is 1. The minimum absolute atomic E-state index is 0.0802. The van der Waals surface area contributed by atoms with Crippen LogP contribution in [-0.2, 0) is 6.18 Å². The lowest BCUT2D eigenvalue weighted by Crippen LogP contribution is -2.50. The number of aromatic nitrogens is 1. The highest BCUT2D eigenvalue weighted by atomic mass is 32.1. The molecule has 1 aliphatic rings. The van der Waals surface area contributed by atoms with Gasteiger partial charge in [0, 0.05) is 6.20 Å². The molecule has 1 aromatic rings. The van der Waals surface area contributed by atoms with Crippen molar-refractivity contribution in [1.82, 2.24) is 9.88 Å². The Balaban J connectivity index is 2.19. The molecule has 0 atom stereocenters. The summed E-state index contributed by atoms with van der Waals surface area (Å²) < 4.78 is 37.8. The smallest absolute Gasteiger partial charge is 0.291 e. The lowest BCUT2D eigenvalue weighted by Gasteiger charge is -2.36. The highest BCUT2D eigenvalue weighted by molar-refractivity contribution is 7.13. The molecule has 1 aromatic heterocycles. The molecule has 21 heavy (non-hydrogen) atoms. The molecule has 3 nitrogen and oxygen atoms in total. The van der Waals surface area contributed by atoms with Crippen LogP contribution >= 0.6 is 11.3 Å². The summed E-state index contributed by atoms with van der Waals surface area (Å²) in [5.41, 5.74) is -0.792. The number of thiazole rings is 1. The molecule has 0 aliphatic carbocycles. The molecule has 0 unspecified atom stereocenters. The minimum Gasteiger partial charge on any atom is -0.291 e. The fraction of sp³-hybridized carbons (Fsp3) is 0.714. The summed E-state index contributed by atoms with van der Waals surface area (Å²) in [5.74, 6) is -0.280. The monoisotopic (exact) mass is 320 g/mol. The lowest BCUT2D eigenvalue weighted by molar-refractivity contribution is -0.137. The van der Waals surface area contributed by atoms with E-state index in [0.29, 0.717) is 11.3 Å². The van der Waals surface area contributed by atoms with Crippen LogP contribution in [0.4, 0.5) is 13.2 Å². The molecule has 1 saturated heterocycles. The summed E-state index contributed by atoms with van der Waals surface area (Å²) in [6.07, 6.45) is 0.880. The molecule has 118 valence electrons. The molecule has 0 N–H and O–H groups in total. The average Bonchev–Trinajstić information content (AvgIpc) is 2.73. The van der Waals surface area contributed by atoms with Crippen LogP contribution in [0.25, 0.3) is 0 Å². The average molecular weight is 320 g/mol. The van der Waals surface area contributed by atoms with E-state index in [4.69, 9.17) is 0 Å². The van der Waals surface area contributed by atoms with Gasteiger partial charge in [0.15, 0.2) is 10.8 Å². The van der Waals surface area contributed by atoms with E-state index >= 15 is 0 Å². The Bertz CT molecular complexity index is 503. The molecular formula is C14H19F3N2OS. The molecular weight excluding hydrogens is 301 g/mol. The first kappa shape index (κ1) is 16.4. The highest BCUT2D eigenvalue weighted by Gasteiger charge is 2.39. The van der Waals surface area contributed by atoms with Crippen molar-refractivity contribution < 1.29 is 18.0 Å². The summed E-state index contributed by atoms with van der Waals surface area (Å²) >= 11 is 0.432. The summed E-state index contributed by atoms with van der Waals surface area (Å²) in [4.78, 5) is 18.1. The number of carbonyl (C=O) groups excluding carboxylic acids is 1. The number of halogens is 3. The van der Waals surface area contributed by atoms with Crippen LogP contribution in [0.5, 0.6) is 0 Å². The predicted molar refractivity (Wildman–Crippen MR) is 75.6 cm³/mol. The maximum atomic E-state index is 12.6. The van der Waals surface area contributed by atoms with Crippen LogP contribution in [-0.4, -0.2) is 34.3 Å². The SMILES string of the molecule is CC(C)(C(=O)c1cnc(C(F)(F)F)s1)N1CCCCCC1. The Kier molecular flexibility index (Phi) is 4.72. The van der Waals surface area contributed by atoms with Gasteiger partial charge in [0.1, 0.15) is 0 Å². The third-order valence-electron chi connectivity index (χ3n) is 3.92. The van der Waals surface area contributed by atoms with E-state index in [1.165, 1.54) is 0 Å². The largest absolute Gasteiger partial charge is 0.443 e. The van der Waals surface area contributed by atoms with Crippen molar-refractivity contribution >= 4 is 17.1 Å². The van der Waals surface area contributed by atoms with Gasteiger partial charge in [0.05, 0.1) is 10.4 Å². The van der Waals surface area contributed by atoms with Gasteiger partial charge in [-0.1, -0.05) is 12.8 Å². The van der Waals surface area contributed by atoms with Crippen molar-refractivity contribution in [3.8, 4) is 0 Å². The summed E-state index contributed by atoms with van der Waals surface area (Å²) in [7, 11) is 0. The first-order valence-electron chi connectivity index (χ1n) is 7.06. The minimum atomic E-state index is -4.49. The van der Waals surface area contributed by atoms with Gasteiger partial charge in [-0.3, -0.25) is 9.69 Å². The fourth-order valence-corrected chi connectivity index (χ4v) is 3.46. The number of alkyl halides is 3. The quantitative estimate of drug-likeness (QED) is 0.789. The second kappa shape index (κ2) is 6.04. The molecule has 0 bridgehead atoms. The van der Waals surface area contributed by atoms with Crippen LogP contribution in [0.2, 0.25) is 0 Å². The van der Waals surface area contributed by atoms with E-state index in [9.17, 15) is 18.0 Å². The number of Topliss-reactive ketones (excluding diaryl/α,β-unsaturated/α-hetero) is 1. The molecule has 0 spiro atoms. The van der Waals surface area contributed by atoms with Gasteiger partial charge in [-0.25, -0.2) is 4.98 Å². The van der Waals surface area contributed by atoms with Gasteiger partial charge in [-0.15, -0.1) is 11.3 Å². The van der Waals surface area contributed by atoms with E-state index in [1.807, 2.05) is 0 Å². The number of carbonyl (C=O) groups is 1. The number of rotatable bonds is 3. The molecule has 0 amide bonds. The van der Waals surface area contributed by atoms with Gasteiger partial charge >= 0.3 is 6.18 Å². The predicted octanol–water partition coefficient (Wildman–Crippen LogP) is 4.00. The topological polar surface area (TPSA) is 33.2 Å². The zero-order valence-electron chi connectivity index (χ0n) is 12.2. The van der Waals surface area contributed by atoms with Crippen molar-refractivity contribution in [3.05, 3.63) is 16.1 Å². The van der Waals surface area contributed by atoms with Crippen LogP contribution < -0.4 is 0 Å². The van der Waals surface area contributed by atoms with Crippen molar-refractivity contribution in [2.24, 2.45) is 0 Å². The van der Waals surface area contributed by atoms with Crippen LogP contribution in [0.1, 0.15) is 54.2 Å². The Morgan fingerprint density at radius 3 is 2.24 bits per heavy atom. The zero-order valence-corrected chi connectivity index (χ0v) is 13.0. The normalized spacial score (nSPS) is 18.5. The Labute approximate surface area is 126 Å². The number of hydrogen-bond donors (Lipinski definition) is 0. The van der Waals surface area contributed by atoms with Gasteiger partial charge < -0.3 is 0 Å². The van der Waals surface area contributed by atoms with Gasteiger partial charge in [-0.05, 0) is 39.8 Å². The van der Waals surface area contributed by atoms with E-state index in [1.54, 1.807) is 13.8 Å². The van der Waals surface area contributed by atoms with Crippen LogP contribution in [0.15, 0.2) is 6.20 Å². The standard InChI is InChI=1S/C14H19F3N2OS/c1-13(2,19-7-5-3-4-6-8-19)11(20)10-9-18-12(21-10)14(15,16)17/h9H,3-8H2,1-2H3. The summed E-state index contributed by atoms with van der Waals surface area (Å²) in [5, 5.41) is -0.961. The first-order chi connectivity index (χ1) is 9.73. The van der Waals surface area contributed by atoms with Gasteiger partial charge in [0.25, 0.3) is 0 Å². The Hall–Kier alpha value is -0.950. The van der Waals surface area contributed by atoms with Crippen molar-refractivity contribution in [2.45, 2.75) is 51.2 Å². The third kappa shape index (κ3) is 3.63. The van der Waals surface area contributed by atoms with E-state index in [2.05, 4.69) is 9.88 Å². The van der Waals surface area contributed by atoms with Crippen LogP contribution in [0, 0.1) is 0 Å². The molecule has 7 heteroatoms. The maximum Gasteiger partial charge on any atom is 0.443 e. The van der Waals surface area contributed by atoms with Gasteiger partial charge in [0.2, 0.25) is 0 Å². The second-order valence-corrected chi connectivity index (χ2v) is 6.85. The van der Waals surface area contributed by atoms with Crippen molar-refractivity contribution in [3.63, 3.8) is 0 Å². The third-order valence-corrected chi connectivity index (χ3v) is 4.97. The number of hydrogen-bond acceptors (Lipinski definition) is 4. The van der Waals surface area contributed by atoms with Crippen molar-refractivity contribution in [2.75, 3.05) is 13.1 Å². The first-order valence-corrected chi connectivity index (χ1v) is 7.87. The highest BCUT2D eigenvalue weighted by Crippen LogP contribution is 2.34. The summed E-state index contributed by atoms with van der Waals surface area (Å²) in [6.45, 7) is 5.19. The molecule has 1 aliphatic heterocycles. The van der Waals surface area contributed by atoms with Crippen molar-refractivity contribution in [1.29, 1.82) is 0 Å². The van der Waals surface area contributed by atoms with Crippen LogP contribution in [0.3, 0.4) is 0 Å². The Morgan fingerprint density at radius 2 is 1.76 bits per heavy atom. The molecule has 2 rings (SSSR count). The molecule has 0 saturated carbocycles. The number of likely N-dealkylation sites (tertiary alicyclic amines) is 1. The molecule has 1 fully saturated rings. The Morgan fingerprint density at radius 1 is 1.19 bits per heavy atom. The zero-order chi connectivity index (χ0) is 15.7. The van der Waals surface area contributed by atoms with E-state index in [0.717, 1.165) is 45.0 Å². The van der Waals surface area contributed by atoms with Gasteiger partial charge in [-0.2, -0.15) is 13.2 Å². The maximum absolute atomic E-state index is 12.6. The fourth-order valence-electron chi connectivity index (χ4n) is 2.58. The number of nitrogens with zero attached hydrogens (tertiary/aromatic N) is 2. The molecule has 2 heterocycles. The second-order valence-electron chi connectivity index (χ2n) is 5.82.